The molecule has 1 aromatic heterocycles. The van der Waals surface area contributed by atoms with Crippen LogP contribution in [0.4, 0.5) is 0 Å². The van der Waals surface area contributed by atoms with Gasteiger partial charge < -0.3 is 0 Å². The number of nitrogens with zero attached hydrogens (tertiary/aromatic N) is 3. The quantitative estimate of drug-likeness (QED) is 0.689. The van der Waals surface area contributed by atoms with E-state index in [4.69, 9.17) is 5.26 Å². The molecule has 0 aromatic carbocycles. The Balaban J connectivity index is 3.07. The Morgan fingerprint density at radius 3 is 2.90 bits per heavy atom. The molecule has 0 fully saturated rings. The first-order valence-electron chi connectivity index (χ1n) is 2.91. The van der Waals surface area contributed by atoms with E-state index in [9.17, 15) is 0 Å². The Hall–Kier alpha value is -0.820. The summed E-state index contributed by atoms with van der Waals surface area (Å²) in [6.07, 6.45) is 1.71. The van der Waals surface area contributed by atoms with Gasteiger partial charge in [0.1, 0.15) is 16.2 Å². The molecule has 3 nitrogen and oxygen atoms in total. The molecular weight excluding hydrogens is 194 g/mol. The molecule has 0 spiro atoms. The zero-order valence-electron chi connectivity index (χ0n) is 5.50. The van der Waals surface area contributed by atoms with Crippen LogP contribution in [0.15, 0.2) is 10.8 Å². The fraction of sp³-hybridized carbons (Fsp3) is 0.333. The molecule has 1 heterocycles. The molecule has 0 unspecified atom stereocenters. The lowest BCUT2D eigenvalue weighted by molar-refractivity contribution is 0.655. The Morgan fingerprint density at radius 1 is 1.90 bits per heavy atom. The Bertz CT molecular complexity index is 271. The maximum Gasteiger partial charge on any atom is 0.145 e. The van der Waals surface area contributed by atoms with Crippen molar-refractivity contribution in [2.24, 2.45) is 0 Å². The Kier molecular flexibility index (Phi) is 2.07. The fourth-order valence-electron chi connectivity index (χ4n) is 0.635. The zero-order valence-corrected chi connectivity index (χ0v) is 7.09. The summed E-state index contributed by atoms with van der Waals surface area (Å²) < 4.78 is 2.33. The minimum atomic E-state index is 0.585. The second kappa shape index (κ2) is 2.84. The van der Waals surface area contributed by atoms with E-state index in [1.165, 1.54) is 0 Å². The standard InChI is InChI=1S/C6H6BrN3/c1-2-10-4-5(3-8)6(7)9-10/h4H,2H2,1H3. The largest absolute Gasteiger partial charge is 0.271 e. The van der Waals surface area contributed by atoms with E-state index in [1.54, 1.807) is 10.9 Å². The van der Waals surface area contributed by atoms with E-state index >= 15 is 0 Å². The van der Waals surface area contributed by atoms with Gasteiger partial charge >= 0.3 is 0 Å². The van der Waals surface area contributed by atoms with E-state index in [0.717, 1.165) is 6.54 Å². The van der Waals surface area contributed by atoms with Crippen molar-refractivity contribution in [3.8, 4) is 6.07 Å². The molecule has 1 rings (SSSR count). The van der Waals surface area contributed by atoms with Crippen LogP contribution in [0.25, 0.3) is 0 Å². The first-order chi connectivity index (χ1) is 4.77. The van der Waals surface area contributed by atoms with Gasteiger partial charge in [0.15, 0.2) is 0 Å². The molecule has 0 aliphatic carbocycles. The molecule has 0 atom stereocenters. The number of nitriles is 1. The fourth-order valence-corrected chi connectivity index (χ4v) is 1.03. The van der Waals surface area contributed by atoms with Crippen molar-refractivity contribution in [2.75, 3.05) is 0 Å². The molecule has 52 valence electrons. The van der Waals surface area contributed by atoms with Crippen molar-refractivity contribution in [1.29, 1.82) is 5.26 Å². The predicted octanol–water partition coefficient (Wildman–Crippen LogP) is 1.54. The van der Waals surface area contributed by atoms with Crippen molar-refractivity contribution in [1.82, 2.24) is 9.78 Å². The maximum atomic E-state index is 8.49. The van der Waals surface area contributed by atoms with Crippen LogP contribution in [-0.4, -0.2) is 9.78 Å². The Labute approximate surface area is 67.4 Å². The number of halogens is 1. The average molecular weight is 200 g/mol. The summed E-state index contributed by atoms with van der Waals surface area (Å²) in [4.78, 5) is 0. The Morgan fingerprint density at radius 2 is 2.60 bits per heavy atom. The third kappa shape index (κ3) is 1.19. The van der Waals surface area contributed by atoms with Crippen LogP contribution in [0.2, 0.25) is 0 Å². The van der Waals surface area contributed by atoms with Crippen LogP contribution in [-0.2, 0) is 6.54 Å². The monoisotopic (exact) mass is 199 g/mol. The molecule has 0 amide bonds. The highest BCUT2D eigenvalue weighted by atomic mass is 79.9. The van der Waals surface area contributed by atoms with Crippen LogP contribution in [0.5, 0.6) is 0 Å². The highest BCUT2D eigenvalue weighted by Gasteiger charge is 2.02. The summed E-state index contributed by atoms with van der Waals surface area (Å²) in [7, 11) is 0. The molecule has 0 bridgehead atoms. The second-order valence-corrected chi connectivity index (χ2v) is 2.55. The van der Waals surface area contributed by atoms with E-state index in [0.29, 0.717) is 10.2 Å². The third-order valence-corrected chi connectivity index (χ3v) is 1.75. The van der Waals surface area contributed by atoms with E-state index in [2.05, 4.69) is 21.0 Å². The molecule has 0 N–H and O–H groups in total. The van der Waals surface area contributed by atoms with Gasteiger partial charge in [-0.3, -0.25) is 4.68 Å². The van der Waals surface area contributed by atoms with Gasteiger partial charge in [-0.1, -0.05) is 0 Å². The lowest BCUT2D eigenvalue weighted by atomic mass is 10.4. The van der Waals surface area contributed by atoms with E-state index in [1.807, 2.05) is 13.0 Å². The van der Waals surface area contributed by atoms with Crippen molar-refractivity contribution in [2.45, 2.75) is 13.5 Å². The number of rotatable bonds is 1. The van der Waals surface area contributed by atoms with Gasteiger partial charge in [0.2, 0.25) is 0 Å². The minimum absolute atomic E-state index is 0.585. The highest BCUT2D eigenvalue weighted by molar-refractivity contribution is 9.10. The van der Waals surface area contributed by atoms with Crippen molar-refractivity contribution in [3.63, 3.8) is 0 Å². The van der Waals surface area contributed by atoms with Gasteiger partial charge in [0.05, 0.1) is 0 Å². The molecule has 0 saturated heterocycles. The van der Waals surface area contributed by atoms with Gasteiger partial charge in [-0.15, -0.1) is 0 Å². The van der Waals surface area contributed by atoms with E-state index < -0.39 is 0 Å². The van der Waals surface area contributed by atoms with Crippen LogP contribution in [0, 0.1) is 11.3 Å². The van der Waals surface area contributed by atoms with Crippen molar-refractivity contribution in [3.05, 3.63) is 16.4 Å². The van der Waals surface area contributed by atoms with Crippen molar-refractivity contribution >= 4 is 15.9 Å². The number of aryl methyl sites for hydroxylation is 1. The smallest absolute Gasteiger partial charge is 0.145 e. The minimum Gasteiger partial charge on any atom is -0.271 e. The summed E-state index contributed by atoms with van der Waals surface area (Å²) in [5, 5.41) is 12.5. The highest BCUT2D eigenvalue weighted by Crippen LogP contribution is 2.11. The topological polar surface area (TPSA) is 41.6 Å². The summed E-state index contributed by atoms with van der Waals surface area (Å²) in [5.41, 5.74) is 0.585. The second-order valence-electron chi connectivity index (χ2n) is 1.80. The molecular formula is C6H6BrN3. The van der Waals surface area contributed by atoms with Crippen LogP contribution in [0.1, 0.15) is 12.5 Å². The summed E-state index contributed by atoms with van der Waals surface area (Å²) in [6.45, 7) is 2.76. The first-order valence-corrected chi connectivity index (χ1v) is 3.70. The van der Waals surface area contributed by atoms with Gasteiger partial charge in [-0.05, 0) is 22.9 Å². The van der Waals surface area contributed by atoms with Gasteiger partial charge in [-0.2, -0.15) is 10.4 Å². The number of hydrogen-bond donors (Lipinski definition) is 0. The van der Waals surface area contributed by atoms with E-state index in [-0.39, 0.29) is 0 Å². The lowest BCUT2D eigenvalue weighted by Crippen LogP contribution is -1.92. The SMILES string of the molecule is CCn1cc(C#N)c(Br)n1. The first kappa shape index (κ1) is 7.29. The molecule has 1 aromatic rings. The van der Waals surface area contributed by atoms with Gasteiger partial charge in [0.25, 0.3) is 0 Å². The lowest BCUT2D eigenvalue weighted by Gasteiger charge is -1.88. The molecule has 0 radical (unpaired) electrons. The van der Waals surface area contributed by atoms with Crippen LogP contribution < -0.4 is 0 Å². The molecule has 0 aliphatic heterocycles. The average Bonchev–Trinajstić information content (AvgIpc) is 2.30. The van der Waals surface area contributed by atoms with Crippen LogP contribution in [0.3, 0.4) is 0 Å². The molecule has 10 heavy (non-hydrogen) atoms. The predicted molar refractivity (Wildman–Crippen MR) is 40.3 cm³/mol. The zero-order chi connectivity index (χ0) is 7.56. The molecule has 0 aliphatic rings. The third-order valence-electron chi connectivity index (χ3n) is 1.16. The van der Waals surface area contributed by atoms with Gasteiger partial charge in [-0.25, -0.2) is 0 Å². The molecule has 4 heteroatoms. The molecule has 0 saturated carbocycles. The summed E-state index contributed by atoms with van der Waals surface area (Å²) >= 11 is 3.16. The number of hydrogen-bond acceptors (Lipinski definition) is 2. The maximum absolute atomic E-state index is 8.49. The normalized spacial score (nSPS) is 9.30. The van der Waals surface area contributed by atoms with Crippen molar-refractivity contribution < 1.29 is 0 Å². The summed E-state index contributed by atoms with van der Waals surface area (Å²) in [5.74, 6) is 0. The van der Waals surface area contributed by atoms with Gasteiger partial charge in [0, 0.05) is 12.7 Å². The number of aromatic nitrogens is 2. The summed E-state index contributed by atoms with van der Waals surface area (Å²) in [6, 6.07) is 2.02. The van der Waals surface area contributed by atoms with Crippen LogP contribution >= 0.6 is 15.9 Å².